The van der Waals surface area contributed by atoms with Crippen LogP contribution in [0.25, 0.3) is 11.4 Å². The number of imidazole rings is 1. The second-order valence-corrected chi connectivity index (χ2v) is 10.1. The Labute approximate surface area is 192 Å². The van der Waals surface area contributed by atoms with Gasteiger partial charge >= 0.3 is 6.18 Å². The van der Waals surface area contributed by atoms with E-state index in [1.165, 1.54) is 6.20 Å². The molecule has 0 bridgehead atoms. The number of aromatic amines is 1. The Morgan fingerprint density at radius 2 is 1.97 bits per heavy atom. The second-order valence-electron chi connectivity index (χ2n) is 8.08. The van der Waals surface area contributed by atoms with Gasteiger partial charge in [0.15, 0.2) is 15.7 Å². The van der Waals surface area contributed by atoms with Gasteiger partial charge in [-0.3, -0.25) is 0 Å². The van der Waals surface area contributed by atoms with Crippen molar-refractivity contribution in [3.8, 4) is 11.4 Å². The first-order valence-corrected chi connectivity index (χ1v) is 12.2. The fourth-order valence-electron chi connectivity index (χ4n) is 3.81. The van der Waals surface area contributed by atoms with Gasteiger partial charge < -0.3 is 15.0 Å². The van der Waals surface area contributed by atoms with Crippen molar-refractivity contribution in [1.82, 2.24) is 19.9 Å². The van der Waals surface area contributed by atoms with E-state index in [1.807, 2.05) is 6.92 Å². The zero-order valence-electron chi connectivity index (χ0n) is 18.1. The summed E-state index contributed by atoms with van der Waals surface area (Å²) in [6.07, 6.45) is -0.281. The van der Waals surface area contributed by atoms with E-state index in [4.69, 9.17) is 4.74 Å². The summed E-state index contributed by atoms with van der Waals surface area (Å²) in [5.74, 6) is -0.130. The van der Waals surface area contributed by atoms with Crippen LogP contribution in [-0.4, -0.2) is 47.3 Å². The number of ether oxygens (including phenoxy) is 1. The van der Waals surface area contributed by atoms with E-state index in [2.05, 4.69) is 25.3 Å². The number of rotatable bonds is 5. The lowest BCUT2D eigenvalue weighted by Crippen LogP contribution is -2.22. The van der Waals surface area contributed by atoms with Gasteiger partial charge in [0, 0.05) is 24.5 Å². The summed E-state index contributed by atoms with van der Waals surface area (Å²) in [7, 11) is -4.11. The molecule has 8 nitrogen and oxygen atoms in total. The Morgan fingerprint density at radius 3 is 2.65 bits per heavy atom. The third-order valence-electron chi connectivity index (χ3n) is 5.41. The molecular weight excluding hydrogens is 478 g/mol. The quantitative estimate of drug-likeness (QED) is 0.499. The topological polar surface area (TPSA) is 110 Å². The predicted octanol–water partition coefficient (Wildman–Crippen LogP) is 4.45. The van der Waals surface area contributed by atoms with Gasteiger partial charge in [-0.25, -0.2) is 27.8 Å². The molecule has 0 amide bonds. The van der Waals surface area contributed by atoms with E-state index in [1.54, 1.807) is 0 Å². The standard InChI is InChI=1S/C21H21F4N5O3S/c1-11-7-12(5-6-33-11)19-26-10-16(29-19)18-15(22)9-27-20(30-18)28-13-3-4-17(34(2,31)32)14(8-13)21(23,24)25/h3-4,8-12H,5-7H2,1-2H3,(H,26,29)(H,27,28,30). The Balaban J connectivity index is 1.62. The summed E-state index contributed by atoms with van der Waals surface area (Å²) in [4.78, 5) is 14.4. The summed E-state index contributed by atoms with van der Waals surface area (Å²) in [6, 6.07) is 2.64. The summed E-state index contributed by atoms with van der Waals surface area (Å²) in [6.45, 7) is 2.56. The summed E-state index contributed by atoms with van der Waals surface area (Å²) >= 11 is 0. The van der Waals surface area contributed by atoms with E-state index in [0.717, 1.165) is 31.2 Å². The zero-order chi connectivity index (χ0) is 24.7. The molecule has 182 valence electrons. The first-order chi connectivity index (χ1) is 15.9. The first kappa shape index (κ1) is 24.1. The van der Waals surface area contributed by atoms with Gasteiger partial charge in [-0.15, -0.1) is 0 Å². The number of halogens is 4. The SMILES string of the molecule is CC1CC(c2ncc(-c3nc(Nc4ccc(S(C)(=O)=O)c(C(F)(F)F)c4)ncc3F)[nH]2)CCO1. The molecule has 0 saturated carbocycles. The number of alkyl halides is 3. The van der Waals surface area contributed by atoms with E-state index in [9.17, 15) is 26.0 Å². The molecule has 2 atom stereocenters. The normalized spacial score (nSPS) is 19.2. The van der Waals surface area contributed by atoms with Gasteiger partial charge in [0.1, 0.15) is 11.5 Å². The van der Waals surface area contributed by atoms with Crippen LogP contribution < -0.4 is 5.32 Å². The van der Waals surface area contributed by atoms with Crippen LogP contribution in [-0.2, 0) is 20.8 Å². The predicted molar refractivity (Wildman–Crippen MR) is 115 cm³/mol. The molecule has 2 N–H and O–H groups in total. The van der Waals surface area contributed by atoms with E-state index >= 15 is 0 Å². The molecule has 0 aliphatic carbocycles. The highest BCUT2D eigenvalue weighted by Crippen LogP contribution is 2.36. The second kappa shape index (κ2) is 8.95. The van der Waals surface area contributed by atoms with Crippen LogP contribution in [0, 0.1) is 5.82 Å². The molecule has 4 rings (SSSR count). The van der Waals surface area contributed by atoms with Crippen LogP contribution in [0.4, 0.5) is 29.2 Å². The maximum atomic E-state index is 14.5. The largest absolute Gasteiger partial charge is 0.417 e. The lowest BCUT2D eigenvalue weighted by Gasteiger charge is -2.25. The number of H-pyrrole nitrogens is 1. The highest BCUT2D eigenvalue weighted by Gasteiger charge is 2.36. The number of sulfone groups is 1. The number of nitrogens with zero attached hydrogens (tertiary/aromatic N) is 3. The minimum absolute atomic E-state index is 0.0783. The van der Waals surface area contributed by atoms with Crippen molar-refractivity contribution in [2.24, 2.45) is 0 Å². The van der Waals surface area contributed by atoms with Crippen molar-refractivity contribution >= 4 is 21.5 Å². The van der Waals surface area contributed by atoms with E-state index < -0.39 is 32.3 Å². The molecule has 2 aromatic heterocycles. The molecule has 3 aromatic rings. The van der Waals surface area contributed by atoms with Crippen molar-refractivity contribution in [2.45, 2.75) is 42.9 Å². The van der Waals surface area contributed by atoms with Crippen molar-refractivity contribution in [2.75, 3.05) is 18.2 Å². The molecule has 3 heterocycles. The van der Waals surface area contributed by atoms with Crippen molar-refractivity contribution in [3.63, 3.8) is 0 Å². The Kier molecular flexibility index (Phi) is 6.34. The van der Waals surface area contributed by atoms with Gasteiger partial charge in [-0.2, -0.15) is 13.2 Å². The van der Waals surface area contributed by atoms with Crippen molar-refractivity contribution in [3.05, 3.63) is 47.8 Å². The molecule has 0 radical (unpaired) electrons. The number of benzene rings is 1. The molecular formula is C21H21F4N5O3S. The maximum absolute atomic E-state index is 14.5. The highest BCUT2D eigenvalue weighted by molar-refractivity contribution is 7.90. The lowest BCUT2D eigenvalue weighted by molar-refractivity contribution is -0.139. The summed E-state index contributed by atoms with van der Waals surface area (Å²) < 4.78 is 83.8. The fourth-order valence-corrected chi connectivity index (χ4v) is 4.70. The van der Waals surface area contributed by atoms with Crippen molar-refractivity contribution < 1.29 is 30.7 Å². The average molecular weight is 499 g/mol. The third kappa shape index (κ3) is 5.20. The first-order valence-electron chi connectivity index (χ1n) is 10.3. The van der Waals surface area contributed by atoms with Crippen molar-refractivity contribution in [1.29, 1.82) is 0 Å². The van der Waals surface area contributed by atoms with Crippen LogP contribution in [0.15, 0.2) is 35.5 Å². The highest BCUT2D eigenvalue weighted by atomic mass is 32.2. The molecule has 1 aliphatic heterocycles. The molecule has 1 fully saturated rings. The number of anilines is 2. The Morgan fingerprint density at radius 1 is 1.21 bits per heavy atom. The number of hydrogen-bond acceptors (Lipinski definition) is 7. The minimum Gasteiger partial charge on any atom is -0.378 e. The minimum atomic E-state index is -4.90. The molecule has 1 aromatic carbocycles. The van der Waals surface area contributed by atoms with Gasteiger partial charge in [-0.05, 0) is 38.0 Å². The van der Waals surface area contributed by atoms with Gasteiger partial charge in [0.25, 0.3) is 0 Å². The van der Waals surface area contributed by atoms with E-state index in [-0.39, 0.29) is 29.4 Å². The number of aromatic nitrogens is 4. The molecule has 0 spiro atoms. The average Bonchev–Trinajstić information content (AvgIpc) is 3.24. The molecule has 1 aliphatic rings. The van der Waals surface area contributed by atoms with Crippen LogP contribution in [0.5, 0.6) is 0 Å². The monoisotopic (exact) mass is 499 g/mol. The smallest absolute Gasteiger partial charge is 0.378 e. The van der Waals surface area contributed by atoms with Crippen LogP contribution in [0.2, 0.25) is 0 Å². The number of hydrogen-bond donors (Lipinski definition) is 2. The zero-order valence-corrected chi connectivity index (χ0v) is 19.0. The van der Waals surface area contributed by atoms with Crippen LogP contribution in [0.1, 0.15) is 37.1 Å². The third-order valence-corrected chi connectivity index (χ3v) is 6.56. The van der Waals surface area contributed by atoms with Gasteiger partial charge in [0.05, 0.1) is 34.7 Å². The van der Waals surface area contributed by atoms with Crippen LogP contribution >= 0.6 is 0 Å². The maximum Gasteiger partial charge on any atom is 0.417 e. The Bertz CT molecular complexity index is 1310. The summed E-state index contributed by atoms with van der Waals surface area (Å²) in [5.41, 5.74) is -1.26. The Hall–Kier alpha value is -3.06. The van der Waals surface area contributed by atoms with E-state index in [0.29, 0.717) is 30.4 Å². The van der Waals surface area contributed by atoms with Gasteiger partial charge in [-0.1, -0.05) is 0 Å². The van der Waals surface area contributed by atoms with Crippen LogP contribution in [0.3, 0.4) is 0 Å². The molecule has 2 unspecified atom stereocenters. The van der Waals surface area contributed by atoms with Gasteiger partial charge in [0.2, 0.25) is 5.95 Å². The molecule has 1 saturated heterocycles. The summed E-state index contributed by atoms with van der Waals surface area (Å²) in [5, 5.41) is 2.57. The molecule has 34 heavy (non-hydrogen) atoms. The number of nitrogens with one attached hydrogen (secondary N) is 2. The lowest BCUT2D eigenvalue weighted by atomic mass is 9.96. The fraction of sp³-hybridized carbons (Fsp3) is 0.381. The molecule has 13 heteroatoms.